The van der Waals surface area contributed by atoms with Crippen LogP contribution in [0, 0.1) is 5.92 Å². The molecule has 0 bridgehead atoms. The van der Waals surface area contributed by atoms with E-state index in [0.29, 0.717) is 13.0 Å². The van der Waals surface area contributed by atoms with Crippen molar-refractivity contribution in [3.63, 3.8) is 0 Å². The van der Waals surface area contributed by atoms with Crippen LogP contribution in [0.15, 0.2) is 59.5 Å². The van der Waals surface area contributed by atoms with Crippen molar-refractivity contribution in [2.24, 2.45) is 5.92 Å². The summed E-state index contributed by atoms with van der Waals surface area (Å²) in [5.41, 5.74) is 0.759. The van der Waals surface area contributed by atoms with Crippen LogP contribution in [0.2, 0.25) is 0 Å². The van der Waals surface area contributed by atoms with E-state index in [1.165, 1.54) is 24.3 Å². The van der Waals surface area contributed by atoms with Crippen molar-refractivity contribution >= 4 is 37.8 Å². The number of amides is 1. The molecule has 1 amide bonds. The van der Waals surface area contributed by atoms with Crippen LogP contribution in [-0.4, -0.2) is 78.0 Å². The molecule has 17 heteroatoms. The Kier molecular flexibility index (Phi) is 12.4. The summed E-state index contributed by atoms with van der Waals surface area (Å²) >= 11 is 0. The Bertz CT molecular complexity index is 1340. The molecule has 14 nitrogen and oxygen atoms in total. The van der Waals surface area contributed by atoms with E-state index in [2.05, 4.69) is 5.32 Å². The number of nitrogens with zero attached hydrogens (tertiary/aromatic N) is 1. The van der Waals surface area contributed by atoms with Crippen LogP contribution in [0.5, 0.6) is 0 Å². The molecular formula is C25H36N3O11P2S+. The van der Waals surface area contributed by atoms with Crippen molar-refractivity contribution < 1.29 is 51.0 Å². The van der Waals surface area contributed by atoms with Gasteiger partial charge in [0.1, 0.15) is 6.10 Å². The summed E-state index contributed by atoms with van der Waals surface area (Å²) in [5, 5.41) is 4.67. The van der Waals surface area contributed by atoms with Gasteiger partial charge in [0, 0.05) is 29.8 Å². The van der Waals surface area contributed by atoms with E-state index in [-0.39, 0.29) is 36.1 Å². The molecule has 1 heterocycles. The van der Waals surface area contributed by atoms with Crippen molar-refractivity contribution in [2.75, 3.05) is 31.4 Å². The number of rotatable bonds is 15. The van der Waals surface area contributed by atoms with Gasteiger partial charge in [-0.3, -0.25) is 5.09 Å². The van der Waals surface area contributed by atoms with Gasteiger partial charge in [-0.1, -0.05) is 44.2 Å². The Morgan fingerprint density at radius 1 is 1.14 bits per heavy atom. The first-order valence-electron chi connectivity index (χ1n) is 13.1. The standard InChI is InChI=1S/C25H35N3O11P2S/c1-18(2)15-28(42(35,36)22-10-8-20(9-11-22)27-41(32,33)34)16-24(39-40(30)31)23(14-19-6-4-3-5-7-19)26-25(29)38-21-12-13-37-17-21/h3-11,18,21,23-24H,12-17H2,1-2H3,(H4-,26,27,29,30,31,32,33,34)/p+1/t21?,23-,24?/m0/s1. The lowest BCUT2D eigenvalue weighted by molar-refractivity contribution is 0.0689. The molecule has 1 fully saturated rings. The van der Waals surface area contributed by atoms with E-state index in [9.17, 15) is 27.2 Å². The maximum atomic E-state index is 13.8. The van der Waals surface area contributed by atoms with Gasteiger partial charge in [-0.05, 0) is 42.2 Å². The maximum Gasteiger partial charge on any atom is 0.695 e. The third kappa shape index (κ3) is 11.0. The van der Waals surface area contributed by atoms with E-state index in [0.717, 1.165) is 9.87 Å². The van der Waals surface area contributed by atoms with Crippen molar-refractivity contribution in [3.05, 3.63) is 60.2 Å². The van der Waals surface area contributed by atoms with Gasteiger partial charge in [-0.15, -0.1) is 9.42 Å². The van der Waals surface area contributed by atoms with Gasteiger partial charge < -0.3 is 24.6 Å². The lowest BCUT2D eigenvalue weighted by Crippen LogP contribution is -2.52. The van der Waals surface area contributed by atoms with Crippen LogP contribution in [0.4, 0.5) is 10.5 Å². The summed E-state index contributed by atoms with van der Waals surface area (Å²) < 4.78 is 67.8. The van der Waals surface area contributed by atoms with Gasteiger partial charge in [0.15, 0.2) is 6.10 Å². The summed E-state index contributed by atoms with van der Waals surface area (Å²) in [4.78, 5) is 40.6. The molecule has 4 atom stereocenters. The molecule has 1 aliphatic rings. The number of sulfonamides is 1. The smallest absolute Gasteiger partial charge is 0.444 e. The number of anilines is 1. The van der Waals surface area contributed by atoms with Crippen LogP contribution in [-0.2, 0) is 39.6 Å². The Balaban J connectivity index is 1.92. The van der Waals surface area contributed by atoms with Gasteiger partial charge >= 0.3 is 22.1 Å². The summed E-state index contributed by atoms with van der Waals surface area (Å²) in [7, 11) is -12.1. The highest BCUT2D eigenvalue weighted by Gasteiger charge is 2.38. The fourth-order valence-corrected chi connectivity index (χ4v) is 6.88. The molecule has 1 saturated heterocycles. The molecule has 0 aromatic heterocycles. The quantitative estimate of drug-likeness (QED) is 0.177. The molecule has 232 valence electrons. The molecule has 0 radical (unpaired) electrons. The lowest BCUT2D eigenvalue weighted by atomic mass is 10.0. The zero-order chi connectivity index (χ0) is 30.9. The number of carbonyl (C=O) groups excluding carboxylic acids is 1. The number of ether oxygens (including phenoxy) is 2. The zero-order valence-corrected chi connectivity index (χ0v) is 25.7. The monoisotopic (exact) mass is 648 g/mol. The first kappa shape index (κ1) is 34.0. The lowest BCUT2D eigenvalue weighted by Gasteiger charge is -2.30. The van der Waals surface area contributed by atoms with E-state index < -0.39 is 56.9 Å². The van der Waals surface area contributed by atoms with E-state index in [1.807, 2.05) is 5.09 Å². The minimum atomic E-state index is -4.61. The van der Waals surface area contributed by atoms with Crippen LogP contribution in [0.3, 0.4) is 0 Å². The molecule has 1 aliphatic heterocycles. The molecule has 2 aromatic rings. The average molecular weight is 649 g/mol. The fourth-order valence-electron chi connectivity index (χ4n) is 4.33. The molecule has 42 heavy (non-hydrogen) atoms. The average Bonchev–Trinajstić information content (AvgIpc) is 3.40. The van der Waals surface area contributed by atoms with Crippen molar-refractivity contribution in [3.8, 4) is 0 Å². The number of alkyl carbamates (subject to hydrolysis) is 1. The SMILES string of the molecule is CC(C)CN(CC(O[P+](=O)O)[C@H](Cc1ccccc1)NC(=O)OC1CCOC1)S(=O)(=O)c1ccc(NP(=O)(O)O)cc1. The molecule has 0 saturated carbocycles. The van der Waals surface area contributed by atoms with E-state index in [1.54, 1.807) is 44.2 Å². The third-order valence-corrected chi connectivity index (χ3v) is 9.00. The highest BCUT2D eigenvalue weighted by molar-refractivity contribution is 7.89. The van der Waals surface area contributed by atoms with Crippen LogP contribution < -0.4 is 10.4 Å². The topological polar surface area (TPSA) is 201 Å². The summed E-state index contributed by atoms with van der Waals surface area (Å²) in [6, 6.07) is 12.7. The second kappa shape index (κ2) is 15.3. The predicted molar refractivity (Wildman–Crippen MR) is 153 cm³/mol. The maximum absolute atomic E-state index is 13.8. The van der Waals surface area contributed by atoms with Crippen LogP contribution in [0.1, 0.15) is 25.8 Å². The normalized spacial score (nSPS) is 17.6. The molecule has 3 unspecified atom stereocenters. The minimum absolute atomic E-state index is 0.00515. The van der Waals surface area contributed by atoms with E-state index >= 15 is 0 Å². The number of nitrogens with one attached hydrogen (secondary N) is 2. The van der Waals surface area contributed by atoms with Crippen molar-refractivity contribution in [2.45, 2.75) is 49.8 Å². The van der Waals surface area contributed by atoms with Gasteiger partial charge in [-0.25, -0.2) is 17.8 Å². The Morgan fingerprint density at radius 2 is 1.81 bits per heavy atom. The fraction of sp³-hybridized carbons (Fsp3) is 0.480. The first-order valence-corrected chi connectivity index (χ1v) is 17.3. The Hall–Kier alpha value is -2.45. The summed E-state index contributed by atoms with van der Waals surface area (Å²) in [6.45, 7) is 3.85. The summed E-state index contributed by atoms with van der Waals surface area (Å²) in [5.74, 6) is -0.174. The van der Waals surface area contributed by atoms with E-state index in [4.69, 9.17) is 23.8 Å². The van der Waals surface area contributed by atoms with Gasteiger partial charge in [0.05, 0.1) is 24.2 Å². The third-order valence-electron chi connectivity index (χ3n) is 6.16. The highest BCUT2D eigenvalue weighted by atomic mass is 32.2. The van der Waals surface area contributed by atoms with Crippen LogP contribution >= 0.6 is 16.0 Å². The minimum Gasteiger partial charge on any atom is -0.444 e. The molecule has 5 N–H and O–H groups in total. The largest absolute Gasteiger partial charge is 0.695 e. The number of benzene rings is 2. The van der Waals surface area contributed by atoms with Crippen molar-refractivity contribution in [1.82, 2.24) is 9.62 Å². The molecule has 0 spiro atoms. The number of hydrogen-bond donors (Lipinski definition) is 5. The van der Waals surface area contributed by atoms with Crippen LogP contribution in [0.25, 0.3) is 0 Å². The summed E-state index contributed by atoms with van der Waals surface area (Å²) in [6.07, 6.45) is -1.90. The Morgan fingerprint density at radius 3 is 2.36 bits per heavy atom. The van der Waals surface area contributed by atoms with Crippen molar-refractivity contribution in [1.29, 1.82) is 0 Å². The van der Waals surface area contributed by atoms with Gasteiger partial charge in [-0.2, -0.15) is 4.31 Å². The van der Waals surface area contributed by atoms with Gasteiger partial charge in [0.25, 0.3) is 0 Å². The second-order valence-corrected chi connectivity index (χ2v) is 14.0. The van der Waals surface area contributed by atoms with Gasteiger partial charge in [0.2, 0.25) is 10.0 Å². The Labute approximate surface area is 245 Å². The second-order valence-electron chi connectivity index (χ2n) is 10.1. The molecular weight excluding hydrogens is 612 g/mol. The first-order chi connectivity index (χ1) is 19.7. The zero-order valence-electron chi connectivity index (χ0n) is 23.1. The molecule has 2 aromatic carbocycles. The number of carbonyl (C=O) groups is 1. The molecule has 0 aliphatic carbocycles. The predicted octanol–water partition coefficient (Wildman–Crippen LogP) is 3.00. The number of hydrogen-bond acceptors (Lipinski definition) is 8. The molecule has 3 rings (SSSR count). The highest BCUT2D eigenvalue weighted by Crippen LogP contribution is 2.35.